The molecule has 3 heteroatoms. The summed E-state index contributed by atoms with van der Waals surface area (Å²) >= 11 is 5.92. The standard InChI is InChI=1S/C13H22ClNO/c1-2-13(5-3-4-6-13)11(16)15-10-12(9-14)7-8-12/h2-10H2,1H3,(H,15,16). The molecule has 0 radical (unpaired) electrons. The smallest absolute Gasteiger partial charge is 0.226 e. The van der Waals surface area contributed by atoms with E-state index in [1.54, 1.807) is 0 Å². The van der Waals surface area contributed by atoms with Crippen molar-refractivity contribution in [2.24, 2.45) is 10.8 Å². The third kappa shape index (κ3) is 2.22. The van der Waals surface area contributed by atoms with Gasteiger partial charge < -0.3 is 5.32 Å². The maximum Gasteiger partial charge on any atom is 0.226 e. The average molecular weight is 244 g/mol. The van der Waals surface area contributed by atoms with Crippen LogP contribution in [0.4, 0.5) is 0 Å². The summed E-state index contributed by atoms with van der Waals surface area (Å²) in [4.78, 5) is 12.2. The molecule has 16 heavy (non-hydrogen) atoms. The van der Waals surface area contributed by atoms with E-state index in [1.165, 1.54) is 25.7 Å². The monoisotopic (exact) mass is 243 g/mol. The SMILES string of the molecule is CCC1(C(=O)NCC2(CCl)CC2)CCCC1. The minimum absolute atomic E-state index is 0.0532. The fourth-order valence-corrected chi connectivity index (χ4v) is 3.14. The topological polar surface area (TPSA) is 29.1 Å². The van der Waals surface area contributed by atoms with E-state index in [0.717, 1.165) is 25.8 Å². The molecule has 0 bridgehead atoms. The van der Waals surface area contributed by atoms with Gasteiger partial charge in [0.25, 0.3) is 0 Å². The second kappa shape index (κ2) is 4.56. The Morgan fingerprint density at radius 3 is 2.31 bits per heavy atom. The van der Waals surface area contributed by atoms with Crippen molar-refractivity contribution >= 4 is 17.5 Å². The van der Waals surface area contributed by atoms with E-state index in [4.69, 9.17) is 11.6 Å². The predicted octanol–water partition coefficient (Wildman–Crippen LogP) is 3.09. The maximum absolute atomic E-state index is 12.2. The van der Waals surface area contributed by atoms with Crippen LogP contribution < -0.4 is 5.32 Å². The molecule has 2 nitrogen and oxygen atoms in total. The molecule has 92 valence electrons. The molecule has 0 unspecified atom stereocenters. The zero-order valence-electron chi connectivity index (χ0n) is 10.2. The summed E-state index contributed by atoms with van der Waals surface area (Å²) in [5.74, 6) is 0.968. The van der Waals surface area contributed by atoms with Crippen LogP contribution in [0.5, 0.6) is 0 Å². The first kappa shape index (κ1) is 12.2. The number of carbonyl (C=O) groups excluding carboxylic acids is 1. The van der Waals surface area contributed by atoms with Crippen molar-refractivity contribution in [3.63, 3.8) is 0 Å². The molecule has 0 saturated heterocycles. The van der Waals surface area contributed by atoms with Gasteiger partial charge in [-0.1, -0.05) is 19.8 Å². The Labute approximate surface area is 103 Å². The molecule has 0 aromatic rings. The van der Waals surface area contributed by atoms with Crippen molar-refractivity contribution in [1.82, 2.24) is 5.32 Å². The lowest BCUT2D eigenvalue weighted by Crippen LogP contribution is -2.41. The summed E-state index contributed by atoms with van der Waals surface area (Å²) in [6.45, 7) is 2.93. The second-order valence-electron chi connectivity index (χ2n) is 5.66. The summed E-state index contributed by atoms with van der Waals surface area (Å²) in [5.41, 5.74) is 0.188. The first-order valence-corrected chi connectivity index (χ1v) is 7.04. The number of amides is 1. The molecule has 1 N–H and O–H groups in total. The minimum atomic E-state index is -0.0532. The highest BCUT2D eigenvalue weighted by atomic mass is 35.5. The van der Waals surface area contributed by atoms with Crippen LogP contribution in [0.15, 0.2) is 0 Å². The number of nitrogens with one attached hydrogen (secondary N) is 1. The Morgan fingerprint density at radius 1 is 1.25 bits per heavy atom. The zero-order chi connectivity index (χ0) is 11.6. The van der Waals surface area contributed by atoms with Crippen LogP contribution in [-0.2, 0) is 4.79 Å². The van der Waals surface area contributed by atoms with Gasteiger partial charge in [-0.25, -0.2) is 0 Å². The number of hydrogen-bond acceptors (Lipinski definition) is 1. The van der Waals surface area contributed by atoms with Crippen molar-refractivity contribution < 1.29 is 4.79 Å². The lowest BCUT2D eigenvalue weighted by atomic mass is 9.82. The minimum Gasteiger partial charge on any atom is -0.355 e. The van der Waals surface area contributed by atoms with Gasteiger partial charge >= 0.3 is 0 Å². The van der Waals surface area contributed by atoms with Gasteiger partial charge in [-0.2, -0.15) is 0 Å². The molecule has 2 saturated carbocycles. The Morgan fingerprint density at radius 2 is 1.88 bits per heavy atom. The van der Waals surface area contributed by atoms with Crippen molar-refractivity contribution in [3.8, 4) is 0 Å². The Bertz CT molecular complexity index is 267. The van der Waals surface area contributed by atoms with Gasteiger partial charge in [0, 0.05) is 23.3 Å². The molecule has 2 aliphatic carbocycles. The number of rotatable bonds is 5. The van der Waals surface area contributed by atoms with E-state index in [0.29, 0.717) is 5.88 Å². The molecule has 0 spiro atoms. The maximum atomic E-state index is 12.2. The van der Waals surface area contributed by atoms with Crippen LogP contribution in [0, 0.1) is 10.8 Å². The van der Waals surface area contributed by atoms with Gasteiger partial charge in [0.2, 0.25) is 5.91 Å². The highest BCUT2D eigenvalue weighted by Gasteiger charge is 2.44. The van der Waals surface area contributed by atoms with E-state index in [-0.39, 0.29) is 16.7 Å². The summed E-state index contributed by atoms with van der Waals surface area (Å²) in [6, 6.07) is 0. The van der Waals surface area contributed by atoms with Gasteiger partial charge in [-0.15, -0.1) is 11.6 Å². The van der Waals surface area contributed by atoms with Crippen LogP contribution in [0.1, 0.15) is 51.9 Å². The molecule has 0 aromatic carbocycles. The Balaban J connectivity index is 1.87. The molecular formula is C13H22ClNO. The zero-order valence-corrected chi connectivity index (χ0v) is 10.9. The molecule has 2 rings (SSSR count). The summed E-state index contributed by atoms with van der Waals surface area (Å²) in [5, 5.41) is 3.15. The third-order valence-corrected chi connectivity index (χ3v) is 5.15. The van der Waals surface area contributed by atoms with Crippen LogP contribution in [-0.4, -0.2) is 18.3 Å². The van der Waals surface area contributed by atoms with E-state index in [2.05, 4.69) is 12.2 Å². The van der Waals surface area contributed by atoms with Crippen molar-refractivity contribution in [2.45, 2.75) is 51.9 Å². The van der Waals surface area contributed by atoms with E-state index in [9.17, 15) is 4.79 Å². The van der Waals surface area contributed by atoms with E-state index in [1.807, 2.05) is 0 Å². The Kier molecular flexibility index (Phi) is 3.48. The molecule has 0 atom stereocenters. The molecule has 2 aliphatic rings. The third-order valence-electron chi connectivity index (χ3n) is 4.58. The van der Waals surface area contributed by atoms with Gasteiger partial charge in [-0.05, 0) is 32.1 Å². The van der Waals surface area contributed by atoms with Crippen LogP contribution in [0.3, 0.4) is 0 Å². The van der Waals surface area contributed by atoms with Crippen molar-refractivity contribution in [1.29, 1.82) is 0 Å². The number of halogens is 1. The first-order valence-electron chi connectivity index (χ1n) is 6.51. The fourth-order valence-electron chi connectivity index (χ4n) is 2.78. The molecule has 0 heterocycles. The normalized spacial score (nSPS) is 25.4. The highest BCUT2D eigenvalue weighted by molar-refractivity contribution is 6.18. The predicted molar refractivity (Wildman–Crippen MR) is 66.6 cm³/mol. The van der Waals surface area contributed by atoms with Gasteiger partial charge in [0.1, 0.15) is 0 Å². The van der Waals surface area contributed by atoms with Crippen LogP contribution >= 0.6 is 11.6 Å². The van der Waals surface area contributed by atoms with Crippen LogP contribution in [0.2, 0.25) is 0 Å². The van der Waals surface area contributed by atoms with Gasteiger partial charge in [-0.3, -0.25) is 4.79 Å². The quantitative estimate of drug-likeness (QED) is 0.739. The molecule has 1 amide bonds. The molecule has 0 aliphatic heterocycles. The second-order valence-corrected chi connectivity index (χ2v) is 5.92. The number of alkyl halides is 1. The fraction of sp³-hybridized carbons (Fsp3) is 0.923. The number of carbonyl (C=O) groups is 1. The van der Waals surface area contributed by atoms with E-state index < -0.39 is 0 Å². The number of hydrogen-bond donors (Lipinski definition) is 1. The van der Waals surface area contributed by atoms with Crippen molar-refractivity contribution in [2.75, 3.05) is 12.4 Å². The molecule has 2 fully saturated rings. The summed E-state index contributed by atoms with van der Waals surface area (Å²) < 4.78 is 0. The average Bonchev–Trinajstić information content (AvgIpc) is 2.94. The first-order chi connectivity index (χ1) is 7.66. The lowest BCUT2D eigenvalue weighted by molar-refractivity contribution is -0.131. The van der Waals surface area contributed by atoms with Crippen molar-refractivity contribution in [3.05, 3.63) is 0 Å². The van der Waals surface area contributed by atoms with E-state index >= 15 is 0 Å². The summed E-state index contributed by atoms with van der Waals surface area (Å²) in [7, 11) is 0. The largest absolute Gasteiger partial charge is 0.355 e. The lowest BCUT2D eigenvalue weighted by Gasteiger charge is -2.27. The van der Waals surface area contributed by atoms with Gasteiger partial charge in [0.15, 0.2) is 0 Å². The Hall–Kier alpha value is -0.240. The highest BCUT2D eigenvalue weighted by Crippen LogP contribution is 2.46. The molecular weight excluding hydrogens is 222 g/mol. The summed E-state index contributed by atoms with van der Waals surface area (Å²) in [6.07, 6.45) is 7.90. The molecule has 0 aromatic heterocycles. The van der Waals surface area contributed by atoms with Crippen LogP contribution in [0.25, 0.3) is 0 Å². The van der Waals surface area contributed by atoms with Gasteiger partial charge in [0.05, 0.1) is 0 Å².